The van der Waals surface area contributed by atoms with E-state index in [1.807, 2.05) is 121 Å². The second kappa shape index (κ2) is 17.7. The molecule has 7 heteroatoms. The van der Waals surface area contributed by atoms with Gasteiger partial charge in [0.15, 0.2) is 6.29 Å². The van der Waals surface area contributed by atoms with Crippen LogP contribution in [0.1, 0.15) is 47.9 Å². The summed E-state index contributed by atoms with van der Waals surface area (Å²) in [5, 5.41) is 10.9. The number of benzene rings is 4. The van der Waals surface area contributed by atoms with E-state index in [1.54, 1.807) is 0 Å². The summed E-state index contributed by atoms with van der Waals surface area (Å²) in [5.74, 6) is 0. The van der Waals surface area contributed by atoms with E-state index in [0.29, 0.717) is 32.8 Å². The molecule has 7 atom stereocenters. The average molecular weight is 639 g/mol. The molecular weight excluding hydrogens is 592 g/mol. The highest BCUT2D eigenvalue weighted by molar-refractivity contribution is 5.16. The number of aliphatic hydroxyl groups excluding tert-OH is 1. The van der Waals surface area contributed by atoms with Crippen LogP contribution in [0.5, 0.6) is 0 Å². The first-order valence-electron chi connectivity index (χ1n) is 16.8. The lowest BCUT2D eigenvalue weighted by Gasteiger charge is -2.47. The van der Waals surface area contributed by atoms with Crippen molar-refractivity contribution in [3.8, 4) is 0 Å². The first kappa shape index (κ1) is 33.5. The Balaban J connectivity index is 1.30. The lowest BCUT2D eigenvalue weighted by molar-refractivity contribution is -0.341. The number of ether oxygens (including phenoxy) is 6. The number of rotatable bonds is 15. The Morgan fingerprint density at radius 1 is 0.532 bits per heavy atom. The zero-order valence-electron chi connectivity index (χ0n) is 26.8. The highest BCUT2D eigenvalue weighted by Crippen LogP contribution is 2.34. The molecule has 1 saturated carbocycles. The van der Waals surface area contributed by atoms with Crippen molar-refractivity contribution in [1.82, 2.24) is 0 Å². The number of aliphatic hydroxyl groups is 1. The van der Waals surface area contributed by atoms with Gasteiger partial charge in [0.1, 0.15) is 24.4 Å². The van der Waals surface area contributed by atoms with Crippen LogP contribution in [0, 0.1) is 0 Å². The molecule has 47 heavy (non-hydrogen) atoms. The van der Waals surface area contributed by atoms with Crippen molar-refractivity contribution < 1.29 is 33.5 Å². The van der Waals surface area contributed by atoms with E-state index in [4.69, 9.17) is 28.4 Å². The lowest BCUT2D eigenvalue weighted by Crippen LogP contribution is -2.62. The highest BCUT2D eigenvalue weighted by atomic mass is 16.7. The smallest absolute Gasteiger partial charge is 0.187 e. The van der Waals surface area contributed by atoms with Gasteiger partial charge in [0.05, 0.1) is 45.2 Å². The van der Waals surface area contributed by atoms with E-state index in [-0.39, 0.29) is 12.7 Å². The zero-order valence-corrected chi connectivity index (χ0v) is 26.8. The molecule has 248 valence electrons. The van der Waals surface area contributed by atoms with Crippen molar-refractivity contribution in [2.75, 3.05) is 6.61 Å². The van der Waals surface area contributed by atoms with Gasteiger partial charge in [0.2, 0.25) is 0 Å². The predicted octanol–water partition coefficient (Wildman–Crippen LogP) is 7.00. The van der Waals surface area contributed by atoms with Crippen molar-refractivity contribution in [3.63, 3.8) is 0 Å². The summed E-state index contributed by atoms with van der Waals surface area (Å²) < 4.78 is 39.9. The second-order valence-electron chi connectivity index (χ2n) is 12.4. The van der Waals surface area contributed by atoms with E-state index in [2.05, 4.69) is 0 Å². The van der Waals surface area contributed by atoms with Crippen LogP contribution in [0.2, 0.25) is 0 Å². The third-order valence-corrected chi connectivity index (χ3v) is 8.82. The molecular formula is C40H46O7. The van der Waals surface area contributed by atoms with Crippen LogP contribution < -0.4 is 0 Å². The normalized spacial score (nSPS) is 26.2. The maximum atomic E-state index is 10.9. The molecule has 0 spiro atoms. The van der Waals surface area contributed by atoms with Crippen LogP contribution in [0.25, 0.3) is 0 Å². The molecule has 4 aromatic rings. The maximum Gasteiger partial charge on any atom is 0.187 e. The topological polar surface area (TPSA) is 75.6 Å². The Labute approximate surface area is 278 Å². The molecule has 6 rings (SSSR count). The Morgan fingerprint density at radius 2 is 0.979 bits per heavy atom. The van der Waals surface area contributed by atoms with Crippen molar-refractivity contribution in [3.05, 3.63) is 144 Å². The first-order valence-corrected chi connectivity index (χ1v) is 16.8. The largest absolute Gasteiger partial charge is 0.390 e. The first-order chi connectivity index (χ1) is 23.2. The van der Waals surface area contributed by atoms with Crippen LogP contribution in [0.3, 0.4) is 0 Å². The van der Waals surface area contributed by atoms with E-state index in [0.717, 1.165) is 41.5 Å². The third-order valence-electron chi connectivity index (χ3n) is 8.82. The minimum atomic E-state index is -0.806. The molecule has 1 aliphatic heterocycles. The van der Waals surface area contributed by atoms with Crippen molar-refractivity contribution in [2.24, 2.45) is 0 Å². The van der Waals surface area contributed by atoms with E-state index < -0.39 is 36.8 Å². The standard InChI is InChI=1S/C40H46O7/c41-34-23-13-14-24-35(34)46-40-39(45-28-33-21-11-4-12-22-33)38(44-27-32-19-9-3-10-20-32)37(43-26-31-17-7-2-8-18-31)36(47-40)29-42-25-30-15-5-1-6-16-30/h1-12,15-22,34-41H,13-14,23-29H2/t34-,35-,36?,37?,38?,39?,40?/m1/s1. The van der Waals surface area contributed by atoms with Gasteiger partial charge in [0.25, 0.3) is 0 Å². The summed E-state index contributed by atoms with van der Waals surface area (Å²) in [7, 11) is 0. The fourth-order valence-electron chi connectivity index (χ4n) is 6.26. The quantitative estimate of drug-likeness (QED) is 0.150. The fraction of sp³-hybridized carbons (Fsp3) is 0.400. The Kier molecular flexibility index (Phi) is 12.6. The zero-order chi connectivity index (χ0) is 32.1. The van der Waals surface area contributed by atoms with Gasteiger partial charge in [-0.2, -0.15) is 0 Å². The van der Waals surface area contributed by atoms with Crippen LogP contribution in [-0.2, 0) is 54.8 Å². The summed E-state index contributed by atoms with van der Waals surface area (Å²) in [5.41, 5.74) is 4.19. The molecule has 1 N–H and O–H groups in total. The lowest BCUT2D eigenvalue weighted by atomic mass is 9.94. The van der Waals surface area contributed by atoms with Crippen molar-refractivity contribution >= 4 is 0 Å². The van der Waals surface area contributed by atoms with Gasteiger partial charge in [-0.05, 0) is 35.1 Å². The van der Waals surface area contributed by atoms with Gasteiger partial charge in [-0.25, -0.2) is 0 Å². The third kappa shape index (κ3) is 9.81. The van der Waals surface area contributed by atoms with Gasteiger partial charge >= 0.3 is 0 Å². The summed E-state index contributed by atoms with van der Waals surface area (Å²) in [6.45, 7) is 1.76. The maximum absolute atomic E-state index is 10.9. The molecule has 7 nitrogen and oxygen atoms in total. The molecule has 0 radical (unpaired) electrons. The summed E-state index contributed by atoms with van der Waals surface area (Å²) in [6.07, 6.45) is -0.565. The van der Waals surface area contributed by atoms with Gasteiger partial charge in [0, 0.05) is 0 Å². The minimum absolute atomic E-state index is 0.262. The van der Waals surface area contributed by atoms with Crippen LogP contribution >= 0.6 is 0 Å². The fourth-order valence-corrected chi connectivity index (χ4v) is 6.26. The number of hydrogen-bond acceptors (Lipinski definition) is 7. The van der Waals surface area contributed by atoms with E-state index in [1.165, 1.54) is 0 Å². The van der Waals surface area contributed by atoms with E-state index >= 15 is 0 Å². The summed E-state index contributed by atoms with van der Waals surface area (Å²) in [4.78, 5) is 0. The molecule has 2 aliphatic rings. The molecule has 0 amide bonds. The Morgan fingerprint density at radius 3 is 1.49 bits per heavy atom. The van der Waals surface area contributed by atoms with Gasteiger partial charge in [-0.15, -0.1) is 0 Å². The monoisotopic (exact) mass is 638 g/mol. The van der Waals surface area contributed by atoms with Gasteiger partial charge < -0.3 is 33.5 Å². The molecule has 1 heterocycles. The van der Waals surface area contributed by atoms with Crippen molar-refractivity contribution in [2.45, 2.75) is 95.0 Å². The second-order valence-corrected chi connectivity index (χ2v) is 12.4. The molecule has 5 unspecified atom stereocenters. The van der Waals surface area contributed by atoms with E-state index in [9.17, 15) is 5.11 Å². The highest BCUT2D eigenvalue weighted by Gasteiger charge is 2.50. The molecule has 2 fully saturated rings. The van der Waals surface area contributed by atoms with Crippen LogP contribution in [0.15, 0.2) is 121 Å². The SMILES string of the molecule is O[C@@H]1CCCC[C@H]1OC1OC(COCc2ccccc2)C(OCc2ccccc2)C(OCc2ccccc2)C1OCc1ccccc1. The molecule has 4 aromatic carbocycles. The van der Waals surface area contributed by atoms with Gasteiger partial charge in [-0.3, -0.25) is 0 Å². The van der Waals surface area contributed by atoms with Gasteiger partial charge in [-0.1, -0.05) is 134 Å². The van der Waals surface area contributed by atoms with Crippen LogP contribution in [-0.4, -0.2) is 54.6 Å². The van der Waals surface area contributed by atoms with Crippen molar-refractivity contribution in [1.29, 1.82) is 0 Å². The predicted molar refractivity (Wildman–Crippen MR) is 179 cm³/mol. The molecule has 1 saturated heterocycles. The Hall–Kier alpha value is -3.40. The summed E-state index contributed by atoms with van der Waals surface area (Å²) in [6, 6.07) is 40.3. The molecule has 0 bridgehead atoms. The molecule has 0 aromatic heterocycles. The molecule has 1 aliphatic carbocycles. The minimum Gasteiger partial charge on any atom is -0.390 e. The Bertz CT molecular complexity index is 1420. The average Bonchev–Trinajstić information content (AvgIpc) is 3.12. The van der Waals surface area contributed by atoms with Crippen LogP contribution in [0.4, 0.5) is 0 Å². The number of hydrogen-bond donors (Lipinski definition) is 1. The summed E-state index contributed by atoms with van der Waals surface area (Å²) >= 11 is 0.